The minimum absolute atomic E-state index is 0.0163. The van der Waals surface area contributed by atoms with E-state index in [-0.39, 0.29) is 11.6 Å². The third-order valence-corrected chi connectivity index (χ3v) is 12.8. The Morgan fingerprint density at radius 3 is 2.41 bits per heavy atom. The van der Waals surface area contributed by atoms with Gasteiger partial charge in [-0.15, -0.1) is 0 Å². The maximum atomic E-state index is 13.2. The van der Waals surface area contributed by atoms with Gasteiger partial charge in [-0.3, -0.25) is 8.86 Å². The van der Waals surface area contributed by atoms with Crippen LogP contribution in [-0.2, 0) is 43.5 Å². The summed E-state index contributed by atoms with van der Waals surface area (Å²) in [6.45, 7) is 12.0. The van der Waals surface area contributed by atoms with Crippen LogP contribution < -0.4 is 0 Å². The van der Waals surface area contributed by atoms with Crippen LogP contribution in [0.3, 0.4) is 0 Å². The molecule has 3 rings (SSSR count). The van der Waals surface area contributed by atoms with Gasteiger partial charge in [0.25, 0.3) is 10.1 Å². The topological polar surface area (TPSA) is 102 Å². The van der Waals surface area contributed by atoms with Crippen molar-refractivity contribution in [2.24, 2.45) is 7.05 Å². The number of ether oxygens (including phenoxy) is 1. The molecule has 0 bridgehead atoms. The highest BCUT2D eigenvalue weighted by molar-refractivity contribution is 7.85. The molecule has 39 heavy (non-hydrogen) atoms. The second kappa shape index (κ2) is 12.1. The summed E-state index contributed by atoms with van der Waals surface area (Å²) in [5.74, 6) is -0.469. The zero-order chi connectivity index (χ0) is 29.2. The first kappa shape index (κ1) is 31.3. The van der Waals surface area contributed by atoms with E-state index in [1.165, 1.54) is 7.11 Å². The van der Waals surface area contributed by atoms with Gasteiger partial charge in [-0.1, -0.05) is 38.4 Å². The average molecular weight is 598 g/mol. The molecule has 0 saturated carbocycles. The fourth-order valence-electron chi connectivity index (χ4n) is 4.35. The SMILES string of the molecule is COC(=O)c1c(CCCO[Si](C)(C)C(C)(C)C)c2ccc(Cl)c(-c3cnn(C)c3)c2n1CCCOS(C)(=O)=O. The number of aryl methyl sites for hydroxylation is 3. The highest BCUT2D eigenvalue weighted by Crippen LogP contribution is 2.40. The molecular formula is C27H40ClN3O6SSi. The van der Waals surface area contributed by atoms with Gasteiger partial charge in [0.15, 0.2) is 8.32 Å². The van der Waals surface area contributed by atoms with E-state index in [0.717, 1.165) is 40.3 Å². The standard InChI is InChI=1S/C27H40ClN3O6SSi/c1-27(2,3)39(7,8)37-16-9-11-20-21-12-13-22(28)23(19-17-29-30(4)18-19)24(21)31(25(20)26(32)35-5)14-10-15-36-38(6,33)34/h12-13,17-18H,9-11,14-16H2,1-8H3. The molecule has 0 radical (unpaired) electrons. The molecule has 2 heterocycles. The molecule has 0 aliphatic heterocycles. The van der Waals surface area contributed by atoms with Crippen LogP contribution in [0, 0.1) is 0 Å². The van der Waals surface area contributed by atoms with Crippen molar-refractivity contribution in [2.75, 3.05) is 26.6 Å². The van der Waals surface area contributed by atoms with Crippen LogP contribution in [0.4, 0.5) is 0 Å². The van der Waals surface area contributed by atoms with E-state index in [9.17, 15) is 13.2 Å². The molecule has 0 atom stereocenters. The number of benzene rings is 1. The molecule has 1 aromatic carbocycles. The van der Waals surface area contributed by atoms with Crippen molar-refractivity contribution in [3.63, 3.8) is 0 Å². The van der Waals surface area contributed by atoms with E-state index in [2.05, 4.69) is 39.0 Å². The van der Waals surface area contributed by atoms with Crippen molar-refractivity contribution >= 4 is 46.9 Å². The lowest BCUT2D eigenvalue weighted by atomic mass is 10.0. The van der Waals surface area contributed by atoms with E-state index >= 15 is 0 Å². The number of methoxy groups -OCH3 is 1. The second-order valence-electron chi connectivity index (χ2n) is 11.3. The van der Waals surface area contributed by atoms with Crippen molar-refractivity contribution in [3.05, 3.63) is 40.8 Å². The Balaban J connectivity index is 2.11. The molecule has 0 spiro atoms. The molecule has 0 aliphatic carbocycles. The fraction of sp³-hybridized carbons (Fsp3) is 0.556. The number of halogens is 1. The number of aromatic nitrogens is 3. The Hall–Kier alpha value is -2.18. The van der Waals surface area contributed by atoms with Gasteiger partial charge in [0.05, 0.1) is 36.7 Å². The number of esters is 1. The van der Waals surface area contributed by atoms with Gasteiger partial charge in [-0.25, -0.2) is 4.79 Å². The lowest BCUT2D eigenvalue weighted by Crippen LogP contribution is -2.41. The third-order valence-electron chi connectivity index (χ3n) is 7.31. The first-order chi connectivity index (χ1) is 18.1. The number of carbonyl (C=O) groups excluding carboxylic acids is 1. The fourth-order valence-corrected chi connectivity index (χ4v) is 6.12. The van der Waals surface area contributed by atoms with E-state index in [1.54, 1.807) is 10.9 Å². The molecule has 9 nitrogen and oxygen atoms in total. The molecule has 3 aromatic rings. The van der Waals surface area contributed by atoms with Gasteiger partial charge in [0, 0.05) is 42.9 Å². The number of carbonyl (C=O) groups is 1. The van der Waals surface area contributed by atoms with E-state index in [4.69, 9.17) is 24.9 Å². The first-order valence-electron chi connectivity index (χ1n) is 13.0. The summed E-state index contributed by atoms with van der Waals surface area (Å²) in [7, 11) is -2.32. The first-order valence-corrected chi connectivity index (χ1v) is 18.1. The molecule has 0 N–H and O–H groups in total. The Bertz CT molecular complexity index is 1440. The van der Waals surface area contributed by atoms with Crippen molar-refractivity contribution in [3.8, 4) is 11.1 Å². The van der Waals surface area contributed by atoms with E-state index in [0.29, 0.717) is 36.7 Å². The Morgan fingerprint density at radius 1 is 1.15 bits per heavy atom. The molecule has 0 fully saturated rings. The molecule has 0 saturated heterocycles. The summed E-state index contributed by atoms with van der Waals surface area (Å²) in [6, 6.07) is 3.76. The van der Waals surface area contributed by atoms with Gasteiger partial charge in [0.1, 0.15) is 5.69 Å². The minimum Gasteiger partial charge on any atom is -0.464 e. The predicted molar refractivity (Wildman–Crippen MR) is 157 cm³/mol. The van der Waals surface area contributed by atoms with Crippen LogP contribution in [0.25, 0.3) is 22.0 Å². The van der Waals surface area contributed by atoms with Gasteiger partial charge in [-0.05, 0) is 49.0 Å². The quantitative estimate of drug-likeness (QED) is 0.112. The predicted octanol–water partition coefficient (Wildman–Crippen LogP) is 5.80. The van der Waals surface area contributed by atoms with Crippen molar-refractivity contribution in [2.45, 2.75) is 64.7 Å². The molecule has 0 unspecified atom stereocenters. The zero-order valence-electron chi connectivity index (χ0n) is 24.1. The molecule has 0 aliphatic rings. The Labute approximate surface area is 237 Å². The number of fused-ring (bicyclic) bond motifs is 1. The second-order valence-corrected chi connectivity index (χ2v) is 18.1. The largest absolute Gasteiger partial charge is 0.464 e. The summed E-state index contributed by atoms with van der Waals surface area (Å²) in [5.41, 5.74) is 3.60. The zero-order valence-corrected chi connectivity index (χ0v) is 26.7. The van der Waals surface area contributed by atoms with E-state index < -0.39 is 24.4 Å². The Morgan fingerprint density at radius 2 is 1.85 bits per heavy atom. The van der Waals surface area contributed by atoms with Gasteiger partial charge >= 0.3 is 5.97 Å². The molecule has 216 valence electrons. The lowest BCUT2D eigenvalue weighted by molar-refractivity contribution is 0.0587. The lowest BCUT2D eigenvalue weighted by Gasteiger charge is -2.36. The number of rotatable bonds is 12. The minimum atomic E-state index is -3.58. The smallest absolute Gasteiger partial charge is 0.354 e. The molecular weight excluding hydrogens is 558 g/mol. The summed E-state index contributed by atoms with van der Waals surface area (Å²) in [5, 5.41) is 5.82. The highest BCUT2D eigenvalue weighted by Gasteiger charge is 2.37. The van der Waals surface area contributed by atoms with E-state index in [1.807, 2.05) is 29.9 Å². The summed E-state index contributed by atoms with van der Waals surface area (Å²) in [4.78, 5) is 13.2. The number of hydrogen-bond donors (Lipinski definition) is 0. The van der Waals surface area contributed by atoms with Crippen LogP contribution in [0.1, 0.15) is 49.7 Å². The molecule has 0 amide bonds. The average Bonchev–Trinajstić information content (AvgIpc) is 3.38. The van der Waals surface area contributed by atoms with Crippen molar-refractivity contribution in [1.82, 2.24) is 14.3 Å². The van der Waals surface area contributed by atoms with Gasteiger partial charge < -0.3 is 13.7 Å². The van der Waals surface area contributed by atoms with Crippen LogP contribution in [0.2, 0.25) is 23.2 Å². The van der Waals surface area contributed by atoms with Crippen LogP contribution in [-0.4, -0.2) is 63.6 Å². The highest BCUT2D eigenvalue weighted by atomic mass is 35.5. The van der Waals surface area contributed by atoms with Crippen molar-refractivity contribution < 1.29 is 26.6 Å². The number of nitrogens with zero attached hydrogens (tertiary/aromatic N) is 3. The molecule has 12 heteroatoms. The van der Waals surface area contributed by atoms with Crippen LogP contribution in [0.15, 0.2) is 24.5 Å². The van der Waals surface area contributed by atoms with Gasteiger partial charge in [0.2, 0.25) is 0 Å². The summed E-state index contributed by atoms with van der Waals surface area (Å²) in [6.07, 6.45) is 6.29. The molecule has 2 aromatic heterocycles. The normalized spacial score (nSPS) is 12.8. The van der Waals surface area contributed by atoms with Gasteiger partial charge in [-0.2, -0.15) is 13.5 Å². The Kier molecular flexibility index (Phi) is 9.75. The maximum absolute atomic E-state index is 13.2. The summed E-state index contributed by atoms with van der Waals surface area (Å²) < 4.78 is 43.2. The van der Waals surface area contributed by atoms with Crippen LogP contribution in [0.5, 0.6) is 0 Å². The monoisotopic (exact) mass is 597 g/mol. The number of hydrogen-bond acceptors (Lipinski definition) is 7. The maximum Gasteiger partial charge on any atom is 0.354 e. The van der Waals surface area contributed by atoms with Crippen LogP contribution >= 0.6 is 11.6 Å². The van der Waals surface area contributed by atoms with Crippen molar-refractivity contribution in [1.29, 1.82) is 0 Å². The third kappa shape index (κ3) is 7.32. The summed E-state index contributed by atoms with van der Waals surface area (Å²) >= 11 is 6.75.